The second-order valence-corrected chi connectivity index (χ2v) is 10.0. The highest BCUT2D eigenvalue weighted by Crippen LogP contribution is 2.37. The second-order valence-electron chi connectivity index (χ2n) is 8.66. The van der Waals surface area contributed by atoms with Gasteiger partial charge in [-0.3, -0.25) is 9.78 Å². The number of hydrogen-bond acceptors (Lipinski definition) is 6. The van der Waals surface area contributed by atoms with Gasteiger partial charge < -0.3 is 14.3 Å². The van der Waals surface area contributed by atoms with E-state index in [0.717, 1.165) is 6.20 Å². The summed E-state index contributed by atoms with van der Waals surface area (Å²) in [5, 5.41) is 10.9. The molecule has 1 N–H and O–H groups in total. The molecule has 0 saturated carbocycles. The number of nitrogens with zero attached hydrogens (tertiary/aromatic N) is 3. The Morgan fingerprint density at radius 2 is 1.94 bits per heavy atom. The van der Waals surface area contributed by atoms with E-state index in [1.165, 1.54) is 12.3 Å². The Kier molecular flexibility index (Phi) is 5.53. The van der Waals surface area contributed by atoms with Crippen LogP contribution in [0.1, 0.15) is 32.4 Å². The number of aromatic nitrogens is 3. The third-order valence-electron chi connectivity index (χ3n) is 6.10. The molecule has 0 bridgehead atoms. The normalized spacial score (nSPS) is 12.0. The number of halogens is 1. The number of fused-ring (bicyclic) bond motifs is 4. The molecule has 0 unspecified atom stereocenters. The van der Waals surface area contributed by atoms with E-state index in [0.29, 0.717) is 55.3 Å². The molecule has 0 spiro atoms. The maximum atomic E-state index is 13.8. The van der Waals surface area contributed by atoms with Gasteiger partial charge in [-0.1, -0.05) is 6.07 Å². The molecule has 3 aromatic heterocycles. The van der Waals surface area contributed by atoms with Crippen LogP contribution >= 0.6 is 0 Å². The van der Waals surface area contributed by atoms with Crippen LogP contribution in [0.4, 0.5) is 3.89 Å². The summed E-state index contributed by atoms with van der Waals surface area (Å²) in [5.74, 6) is 0.346. The van der Waals surface area contributed by atoms with E-state index < -0.39 is 15.1 Å². The smallest absolute Gasteiger partial charge is 0.333 e. The third kappa shape index (κ3) is 3.69. The van der Waals surface area contributed by atoms with E-state index in [1.54, 1.807) is 37.3 Å². The summed E-state index contributed by atoms with van der Waals surface area (Å²) in [5.41, 5.74) is 2.91. The van der Waals surface area contributed by atoms with Crippen molar-refractivity contribution in [2.24, 2.45) is 0 Å². The highest BCUT2D eigenvalue weighted by molar-refractivity contribution is 7.86. The average Bonchev–Trinajstić information content (AvgIpc) is 3.22. The first-order valence-electron chi connectivity index (χ1n) is 11.2. The van der Waals surface area contributed by atoms with Gasteiger partial charge in [0.05, 0.1) is 34.5 Å². The molecule has 8 nitrogen and oxygen atoms in total. The van der Waals surface area contributed by atoms with Gasteiger partial charge in [-0.15, -0.1) is 3.89 Å². The van der Waals surface area contributed by atoms with Crippen LogP contribution in [0.5, 0.6) is 5.75 Å². The maximum Gasteiger partial charge on any atom is 0.333 e. The van der Waals surface area contributed by atoms with Gasteiger partial charge in [-0.25, -0.2) is 0 Å². The van der Waals surface area contributed by atoms with Crippen molar-refractivity contribution in [2.45, 2.75) is 31.7 Å². The summed E-state index contributed by atoms with van der Waals surface area (Å²) in [7, 11) is -4.97. The van der Waals surface area contributed by atoms with Crippen molar-refractivity contribution in [3.63, 3.8) is 0 Å². The fourth-order valence-electron chi connectivity index (χ4n) is 4.60. The Balaban J connectivity index is 1.93. The molecule has 182 valence electrons. The summed E-state index contributed by atoms with van der Waals surface area (Å²) in [6.07, 6.45) is 2.36. The molecule has 0 aliphatic rings. The Labute approximate surface area is 205 Å². The fourth-order valence-corrected chi connectivity index (χ4v) is 5.06. The minimum absolute atomic E-state index is 0.0828. The third-order valence-corrected chi connectivity index (χ3v) is 6.89. The number of nitrogens with one attached hydrogen (secondary N) is 1. The van der Waals surface area contributed by atoms with Gasteiger partial charge in [0.1, 0.15) is 16.3 Å². The number of H-pyrrole nitrogens is 1. The lowest BCUT2D eigenvalue weighted by Crippen LogP contribution is -2.13. The van der Waals surface area contributed by atoms with E-state index in [1.807, 2.05) is 18.4 Å². The predicted octanol–water partition coefficient (Wildman–Crippen LogP) is 5.21. The Bertz CT molecular complexity index is 1900. The lowest BCUT2D eigenvalue weighted by molar-refractivity contribution is 0.342. The van der Waals surface area contributed by atoms with Crippen LogP contribution in [0.3, 0.4) is 0 Å². The van der Waals surface area contributed by atoms with Crippen LogP contribution in [0, 0.1) is 11.3 Å². The van der Waals surface area contributed by atoms with Gasteiger partial charge in [0.2, 0.25) is 0 Å². The largest absolute Gasteiger partial charge is 0.493 e. The molecule has 10 heteroatoms. The zero-order valence-electron chi connectivity index (χ0n) is 19.7. The molecule has 3 heterocycles. The van der Waals surface area contributed by atoms with Gasteiger partial charge in [-0.05, 0) is 51.1 Å². The van der Waals surface area contributed by atoms with Gasteiger partial charge in [0, 0.05) is 40.5 Å². The molecule has 0 fully saturated rings. The minimum atomic E-state index is -4.97. The SMILES string of the molecule is CCOc1cc2c(=O)c3c4ccc(C#N)cc4[nH]c3n(C(C)C)c2cc1-c1cncc(S(=O)(=O)F)c1. The molecule has 5 aromatic rings. The predicted molar refractivity (Wildman–Crippen MR) is 135 cm³/mol. The van der Waals surface area contributed by atoms with E-state index in [-0.39, 0.29) is 18.1 Å². The summed E-state index contributed by atoms with van der Waals surface area (Å²) in [4.78, 5) is 20.4. The Morgan fingerprint density at radius 1 is 1.17 bits per heavy atom. The lowest BCUT2D eigenvalue weighted by Gasteiger charge is -2.19. The molecule has 0 amide bonds. The number of aromatic amines is 1. The van der Waals surface area contributed by atoms with Crippen molar-refractivity contribution in [3.8, 4) is 22.9 Å². The van der Waals surface area contributed by atoms with Gasteiger partial charge >= 0.3 is 10.2 Å². The minimum Gasteiger partial charge on any atom is -0.493 e. The molecule has 0 atom stereocenters. The van der Waals surface area contributed by atoms with E-state index in [4.69, 9.17) is 4.74 Å². The van der Waals surface area contributed by atoms with Crippen molar-refractivity contribution in [1.29, 1.82) is 5.26 Å². The highest BCUT2D eigenvalue weighted by atomic mass is 32.3. The molecular formula is C26H21FN4O4S. The van der Waals surface area contributed by atoms with Crippen LogP contribution in [-0.4, -0.2) is 29.6 Å². The summed E-state index contributed by atoms with van der Waals surface area (Å²) >= 11 is 0. The highest BCUT2D eigenvalue weighted by Gasteiger charge is 2.22. The molecule has 0 saturated heterocycles. The number of ether oxygens (including phenoxy) is 1. The van der Waals surface area contributed by atoms with Gasteiger partial charge in [0.25, 0.3) is 0 Å². The first kappa shape index (κ1) is 23.5. The monoisotopic (exact) mass is 504 g/mol. The first-order chi connectivity index (χ1) is 17.1. The zero-order chi connectivity index (χ0) is 25.8. The quantitative estimate of drug-likeness (QED) is 0.329. The summed E-state index contributed by atoms with van der Waals surface area (Å²) < 4.78 is 44.5. The van der Waals surface area contributed by atoms with Crippen molar-refractivity contribution in [1.82, 2.24) is 14.5 Å². The van der Waals surface area contributed by atoms with Crippen LogP contribution < -0.4 is 10.2 Å². The number of pyridine rings is 2. The standard InChI is InChI=1S/C26H21FN4O4S/c1-4-35-23-10-20-22(9-19(23)16-8-17(13-29-12-16)36(27,33)34)31(14(2)3)26-24(25(20)32)18-6-5-15(11-28)7-21(18)30-26/h5-10,12-14,30H,4H2,1-3H3. The maximum absolute atomic E-state index is 13.8. The van der Waals surface area contributed by atoms with E-state index >= 15 is 0 Å². The second kappa shape index (κ2) is 8.46. The molecule has 2 aromatic carbocycles. The summed E-state index contributed by atoms with van der Waals surface area (Å²) in [6.45, 7) is 6.03. The Morgan fingerprint density at radius 3 is 2.61 bits per heavy atom. The number of hydrogen-bond donors (Lipinski definition) is 1. The summed E-state index contributed by atoms with van der Waals surface area (Å²) in [6, 6.07) is 11.7. The van der Waals surface area contributed by atoms with Gasteiger partial charge in [-0.2, -0.15) is 13.7 Å². The van der Waals surface area contributed by atoms with Crippen LogP contribution in [-0.2, 0) is 10.2 Å². The van der Waals surface area contributed by atoms with Gasteiger partial charge in [0.15, 0.2) is 5.43 Å². The molecule has 0 radical (unpaired) electrons. The van der Waals surface area contributed by atoms with E-state index in [2.05, 4.69) is 16.0 Å². The van der Waals surface area contributed by atoms with Crippen LogP contribution in [0.15, 0.2) is 58.5 Å². The Hall–Kier alpha value is -4.23. The lowest BCUT2D eigenvalue weighted by atomic mass is 10.0. The number of benzene rings is 2. The molecular weight excluding hydrogens is 483 g/mol. The molecule has 36 heavy (non-hydrogen) atoms. The van der Waals surface area contributed by atoms with Crippen molar-refractivity contribution < 1.29 is 17.0 Å². The van der Waals surface area contributed by atoms with E-state index in [9.17, 15) is 22.4 Å². The van der Waals surface area contributed by atoms with Crippen molar-refractivity contribution >= 4 is 43.1 Å². The fraction of sp³-hybridized carbons (Fsp3) is 0.192. The average molecular weight is 505 g/mol. The van der Waals surface area contributed by atoms with Crippen molar-refractivity contribution in [3.05, 3.63) is 64.6 Å². The molecule has 0 aliphatic heterocycles. The molecule has 0 aliphatic carbocycles. The number of rotatable bonds is 5. The zero-order valence-corrected chi connectivity index (χ0v) is 20.5. The number of nitriles is 1. The first-order valence-corrected chi connectivity index (χ1v) is 12.6. The van der Waals surface area contributed by atoms with Crippen LogP contribution in [0.25, 0.3) is 44.0 Å². The van der Waals surface area contributed by atoms with Crippen LogP contribution in [0.2, 0.25) is 0 Å². The van der Waals surface area contributed by atoms with Crippen molar-refractivity contribution in [2.75, 3.05) is 6.61 Å². The topological polar surface area (TPSA) is 118 Å². The molecule has 5 rings (SSSR count).